The molecule has 4 N–H and O–H groups in total. The first-order chi connectivity index (χ1) is 17.0. The van der Waals surface area contributed by atoms with Crippen LogP contribution in [0.5, 0.6) is 0 Å². The van der Waals surface area contributed by atoms with Crippen LogP contribution in [0.25, 0.3) is 0 Å². The highest BCUT2D eigenvalue weighted by molar-refractivity contribution is 5.95. The topological polar surface area (TPSA) is 115 Å². The molecular formula is C25H41FN8O. The number of anilines is 2. The highest BCUT2D eigenvalue weighted by Crippen LogP contribution is 2.39. The number of halogens is 1. The largest absolute Gasteiger partial charge is 0.409 e. The summed E-state index contributed by atoms with van der Waals surface area (Å²) in [6.07, 6.45) is 11.6. The Morgan fingerprint density at radius 2 is 1.97 bits per heavy atom. The Hall–Kier alpha value is -2.49. The maximum atomic E-state index is 13.8. The van der Waals surface area contributed by atoms with Gasteiger partial charge < -0.3 is 21.2 Å². The van der Waals surface area contributed by atoms with Crippen LogP contribution in [-0.4, -0.2) is 71.1 Å². The third-order valence-electron chi connectivity index (χ3n) is 8.12. The van der Waals surface area contributed by atoms with Gasteiger partial charge in [-0.05, 0) is 64.0 Å². The second-order valence-corrected chi connectivity index (χ2v) is 10.5. The van der Waals surface area contributed by atoms with Crippen molar-refractivity contribution in [2.24, 2.45) is 27.7 Å². The second kappa shape index (κ2) is 12.0. The molecule has 2 saturated carbocycles. The zero-order valence-electron chi connectivity index (χ0n) is 21.0. The van der Waals surface area contributed by atoms with Crippen LogP contribution >= 0.6 is 0 Å². The average Bonchev–Trinajstić information content (AvgIpc) is 3.29. The van der Waals surface area contributed by atoms with Crippen LogP contribution in [0.15, 0.2) is 10.1 Å². The molecule has 2 atom stereocenters. The number of nitrogens with zero attached hydrogens (tertiary/aromatic N) is 6. The van der Waals surface area contributed by atoms with E-state index in [4.69, 9.17) is 10.7 Å². The van der Waals surface area contributed by atoms with E-state index in [1.165, 1.54) is 51.4 Å². The SMILES string of the molecule is C=Nc1nc(/C(N)=N/O)nc(N[C@H](C)C2CCC2)c1N(CC1CCCCC1)CN1CCC[C@H]1CF. The Bertz CT molecular complexity index is 886. The summed E-state index contributed by atoms with van der Waals surface area (Å²) in [5, 5.41) is 16.0. The molecule has 3 aliphatic rings. The van der Waals surface area contributed by atoms with E-state index in [2.05, 4.69) is 43.9 Å². The van der Waals surface area contributed by atoms with Crippen molar-refractivity contribution in [3.05, 3.63) is 5.82 Å². The van der Waals surface area contributed by atoms with Crippen molar-refractivity contribution in [3.8, 4) is 0 Å². The van der Waals surface area contributed by atoms with Gasteiger partial charge in [-0.15, -0.1) is 0 Å². The summed E-state index contributed by atoms with van der Waals surface area (Å²) in [4.78, 5) is 18.0. The lowest BCUT2D eigenvalue weighted by molar-refractivity contribution is 0.209. The van der Waals surface area contributed by atoms with Crippen LogP contribution in [0.2, 0.25) is 0 Å². The van der Waals surface area contributed by atoms with E-state index in [0.29, 0.717) is 30.1 Å². The summed E-state index contributed by atoms with van der Waals surface area (Å²) in [7, 11) is 0. The Labute approximate surface area is 208 Å². The molecule has 1 saturated heterocycles. The highest BCUT2D eigenvalue weighted by atomic mass is 19.1. The van der Waals surface area contributed by atoms with Gasteiger partial charge in [0.1, 0.15) is 12.4 Å². The van der Waals surface area contributed by atoms with Gasteiger partial charge in [0, 0.05) is 25.2 Å². The first kappa shape index (κ1) is 25.6. The summed E-state index contributed by atoms with van der Waals surface area (Å²) in [5.41, 5.74) is 6.65. The standard InChI is InChI=1S/C25H41FN8O/c1-17(19-10-6-11-19)29-24-21(23(28-2)30-25(31-24)22(27)32-35)34(15-18-8-4-3-5-9-18)16-33-13-7-12-20(33)14-26/h17-20,35H,2-16H2,1H3,(H2,27,32)(H,29,30,31)/t17-,20+/m1/s1. The number of hydrogen-bond acceptors (Lipinski definition) is 8. The Balaban J connectivity index is 1.73. The van der Waals surface area contributed by atoms with Gasteiger partial charge in [-0.25, -0.2) is 19.4 Å². The number of oxime groups is 1. The molecule has 0 aromatic carbocycles. The fourth-order valence-electron chi connectivity index (χ4n) is 5.75. The molecule has 4 rings (SSSR count). The minimum absolute atomic E-state index is 0.0633. The van der Waals surface area contributed by atoms with Gasteiger partial charge in [0.25, 0.3) is 0 Å². The Kier molecular flexibility index (Phi) is 8.75. The molecule has 9 nitrogen and oxygen atoms in total. The number of alkyl halides is 1. The summed E-state index contributed by atoms with van der Waals surface area (Å²) in [6.45, 7) is 7.90. The van der Waals surface area contributed by atoms with Crippen molar-refractivity contribution < 1.29 is 9.60 Å². The maximum Gasteiger partial charge on any atom is 0.208 e. The number of aromatic nitrogens is 2. The molecule has 194 valence electrons. The van der Waals surface area contributed by atoms with Crippen molar-refractivity contribution in [2.75, 3.05) is 36.6 Å². The van der Waals surface area contributed by atoms with Crippen molar-refractivity contribution in [2.45, 2.75) is 83.2 Å². The summed E-state index contributed by atoms with van der Waals surface area (Å²) in [6, 6.07) is 0.142. The zero-order valence-corrected chi connectivity index (χ0v) is 21.0. The third-order valence-corrected chi connectivity index (χ3v) is 8.12. The van der Waals surface area contributed by atoms with Crippen molar-refractivity contribution in [1.82, 2.24) is 14.9 Å². The molecule has 1 aromatic heterocycles. The number of amidine groups is 1. The van der Waals surface area contributed by atoms with Gasteiger partial charge >= 0.3 is 0 Å². The van der Waals surface area contributed by atoms with Crippen LogP contribution < -0.4 is 16.0 Å². The minimum Gasteiger partial charge on any atom is -0.409 e. The molecule has 3 fully saturated rings. The van der Waals surface area contributed by atoms with Crippen LogP contribution in [-0.2, 0) is 0 Å². The van der Waals surface area contributed by atoms with Crippen LogP contribution in [0.1, 0.15) is 77.0 Å². The second-order valence-electron chi connectivity index (χ2n) is 10.5. The molecule has 2 heterocycles. The number of aliphatic imine (C=N–C) groups is 1. The lowest BCUT2D eigenvalue weighted by Gasteiger charge is -2.38. The van der Waals surface area contributed by atoms with Gasteiger partial charge in [-0.2, -0.15) is 0 Å². The van der Waals surface area contributed by atoms with Crippen LogP contribution in [0, 0.1) is 11.8 Å². The molecule has 2 aliphatic carbocycles. The summed E-state index contributed by atoms with van der Waals surface area (Å²) < 4.78 is 13.8. The first-order valence-corrected chi connectivity index (χ1v) is 13.2. The van der Waals surface area contributed by atoms with E-state index in [-0.39, 0.29) is 30.4 Å². The number of nitrogens with two attached hydrogens (primary N) is 1. The van der Waals surface area contributed by atoms with E-state index < -0.39 is 0 Å². The number of likely N-dealkylation sites (tertiary alicyclic amines) is 1. The number of rotatable bonds is 11. The molecule has 0 bridgehead atoms. The molecule has 0 spiro atoms. The lowest BCUT2D eigenvalue weighted by Crippen LogP contribution is -2.44. The van der Waals surface area contributed by atoms with Gasteiger partial charge in [-0.3, -0.25) is 4.90 Å². The zero-order chi connectivity index (χ0) is 24.8. The Morgan fingerprint density at radius 3 is 2.60 bits per heavy atom. The predicted octanol–water partition coefficient (Wildman–Crippen LogP) is 4.28. The predicted molar refractivity (Wildman–Crippen MR) is 139 cm³/mol. The molecule has 0 radical (unpaired) electrons. The fourth-order valence-corrected chi connectivity index (χ4v) is 5.75. The number of hydrogen-bond donors (Lipinski definition) is 3. The van der Waals surface area contributed by atoms with E-state index in [1.54, 1.807) is 0 Å². The molecule has 0 amide bonds. The quantitative estimate of drug-likeness (QED) is 0.184. The smallest absolute Gasteiger partial charge is 0.208 e. The minimum atomic E-state index is -0.341. The van der Waals surface area contributed by atoms with E-state index in [9.17, 15) is 9.60 Å². The fraction of sp³-hybridized carbons (Fsp3) is 0.760. The van der Waals surface area contributed by atoms with E-state index in [1.807, 2.05) is 0 Å². The van der Waals surface area contributed by atoms with Crippen molar-refractivity contribution >= 4 is 29.9 Å². The van der Waals surface area contributed by atoms with Crippen LogP contribution in [0.3, 0.4) is 0 Å². The van der Waals surface area contributed by atoms with E-state index >= 15 is 0 Å². The van der Waals surface area contributed by atoms with Crippen molar-refractivity contribution in [3.63, 3.8) is 0 Å². The third kappa shape index (κ3) is 6.02. The molecule has 1 aromatic rings. The summed E-state index contributed by atoms with van der Waals surface area (Å²) >= 11 is 0. The van der Waals surface area contributed by atoms with Crippen LogP contribution in [0.4, 0.5) is 21.7 Å². The Morgan fingerprint density at radius 1 is 1.20 bits per heavy atom. The number of nitrogens with one attached hydrogen (secondary N) is 1. The highest BCUT2D eigenvalue weighted by Gasteiger charge is 2.32. The molecule has 35 heavy (non-hydrogen) atoms. The van der Waals surface area contributed by atoms with Gasteiger partial charge in [0.05, 0.1) is 6.67 Å². The summed E-state index contributed by atoms with van der Waals surface area (Å²) in [5.74, 6) is 2.09. The molecule has 0 unspecified atom stereocenters. The van der Waals surface area contributed by atoms with E-state index in [0.717, 1.165) is 31.6 Å². The van der Waals surface area contributed by atoms with Crippen molar-refractivity contribution in [1.29, 1.82) is 0 Å². The monoisotopic (exact) mass is 488 g/mol. The normalized spacial score (nSPS) is 23.1. The van der Waals surface area contributed by atoms with Gasteiger partial charge in [-0.1, -0.05) is 30.8 Å². The molecule has 10 heteroatoms. The first-order valence-electron chi connectivity index (χ1n) is 13.2. The lowest BCUT2D eigenvalue weighted by atomic mass is 9.80. The van der Waals surface area contributed by atoms with Gasteiger partial charge in [0.15, 0.2) is 11.6 Å². The maximum absolute atomic E-state index is 13.8. The average molecular weight is 489 g/mol. The molecular weight excluding hydrogens is 447 g/mol. The van der Waals surface area contributed by atoms with Gasteiger partial charge in [0.2, 0.25) is 11.7 Å². The molecule has 1 aliphatic heterocycles.